The molecule has 10 heteroatoms. The number of hydrogen-bond acceptors (Lipinski definition) is 5. The lowest BCUT2D eigenvalue weighted by molar-refractivity contribution is 0.555. The molecule has 2 aromatic heterocycles. The molecule has 0 amide bonds. The van der Waals surface area contributed by atoms with Gasteiger partial charge in [-0.2, -0.15) is 10.4 Å². The smallest absolute Gasteiger partial charge is 0.285 e. The van der Waals surface area contributed by atoms with Gasteiger partial charge in [-0.05, 0) is 18.2 Å². The molecule has 3 aromatic rings. The van der Waals surface area contributed by atoms with Crippen molar-refractivity contribution in [1.82, 2.24) is 19.7 Å². The van der Waals surface area contributed by atoms with Gasteiger partial charge >= 0.3 is 0 Å². The molecule has 0 atom stereocenters. The van der Waals surface area contributed by atoms with E-state index in [-0.39, 0.29) is 5.02 Å². The highest BCUT2D eigenvalue weighted by Gasteiger charge is 2.25. The van der Waals surface area contributed by atoms with Crippen LogP contribution in [0.4, 0.5) is 10.1 Å². The summed E-state index contributed by atoms with van der Waals surface area (Å²) in [5, 5.41) is 15.8. The van der Waals surface area contributed by atoms with Crippen molar-refractivity contribution < 1.29 is 4.39 Å². The summed E-state index contributed by atoms with van der Waals surface area (Å²) in [5.74, 6) is 0.258. The summed E-state index contributed by atoms with van der Waals surface area (Å²) < 4.78 is 15.7. The Morgan fingerprint density at radius 3 is 2.93 bits per heavy atom. The van der Waals surface area contributed by atoms with Crippen LogP contribution in [0.5, 0.6) is 0 Å². The molecule has 1 N–H and O–H groups in total. The zero-order valence-corrected chi connectivity index (χ0v) is 16.4. The molecule has 0 spiro atoms. The van der Waals surface area contributed by atoms with E-state index >= 15 is 0 Å². The van der Waals surface area contributed by atoms with Crippen molar-refractivity contribution in [3.8, 4) is 6.07 Å². The van der Waals surface area contributed by atoms with Gasteiger partial charge in [-0.3, -0.25) is 4.79 Å². The first kappa shape index (κ1) is 19.2. The highest BCUT2D eigenvalue weighted by Crippen LogP contribution is 2.32. The van der Waals surface area contributed by atoms with E-state index in [1.54, 1.807) is 6.20 Å². The predicted octanol–water partition coefficient (Wildman–Crippen LogP) is 3.39. The van der Waals surface area contributed by atoms with Gasteiger partial charge in [-0.25, -0.2) is 14.5 Å². The number of aromatic amines is 1. The van der Waals surface area contributed by atoms with E-state index in [0.29, 0.717) is 53.0 Å². The van der Waals surface area contributed by atoms with Crippen molar-refractivity contribution in [3.05, 3.63) is 80.0 Å². The van der Waals surface area contributed by atoms with Crippen LogP contribution in [0, 0.1) is 17.1 Å². The van der Waals surface area contributed by atoms with Crippen LogP contribution in [0.1, 0.15) is 17.1 Å². The second kappa shape index (κ2) is 7.70. The minimum atomic E-state index is -0.459. The number of hydrogen-bond donors (Lipinski definition) is 1. The summed E-state index contributed by atoms with van der Waals surface area (Å²) in [4.78, 5) is 18.1. The van der Waals surface area contributed by atoms with Gasteiger partial charge in [0.15, 0.2) is 0 Å². The minimum absolute atomic E-state index is 0.0665. The number of fused-ring (bicyclic) bond motifs is 1. The van der Waals surface area contributed by atoms with Crippen LogP contribution in [0.25, 0.3) is 5.57 Å². The van der Waals surface area contributed by atoms with Gasteiger partial charge in [0.1, 0.15) is 16.7 Å². The molecule has 0 radical (unpaired) electrons. The third-order valence-electron chi connectivity index (χ3n) is 4.69. The van der Waals surface area contributed by atoms with Gasteiger partial charge < -0.3 is 9.47 Å². The zero-order chi connectivity index (χ0) is 20.5. The molecule has 0 aliphatic carbocycles. The summed E-state index contributed by atoms with van der Waals surface area (Å²) in [7, 11) is 0. The predicted molar refractivity (Wildman–Crippen MR) is 107 cm³/mol. The second-order valence-electron chi connectivity index (χ2n) is 6.34. The second-order valence-corrected chi connectivity index (χ2v) is 7.13. The molecule has 0 fully saturated rings. The van der Waals surface area contributed by atoms with Crippen molar-refractivity contribution in [2.24, 2.45) is 0 Å². The first-order valence-corrected chi connectivity index (χ1v) is 9.33. The van der Waals surface area contributed by atoms with Crippen LogP contribution in [0.15, 0.2) is 41.5 Å². The average Bonchev–Trinajstić information content (AvgIpc) is 3.13. The van der Waals surface area contributed by atoms with Crippen molar-refractivity contribution in [1.29, 1.82) is 5.26 Å². The molecule has 29 heavy (non-hydrogen) atoms. The lowest BCUT2D eigenvalue weighted by Gasteiger charge is -2.30. The molecule has 3 heterocycles. The van der Waals surface area contributed by atoms with E-state index in [1.807, 2.05) is 15.5 Å². The topological polar surface area (TPSA) is 90.6 Å². The maximum Gasteiger partial charge on any atom is 0.285 e. The van der Waals surface area contributed by atoms with Gasteiger partial charge in [-0.15, -0.1) is 0 Å². The Bertz CT molecular complexity index is 1230. The third kappa shape index (κ3) is 3.50. The molecule has 0 saturated heterocycles. The van der Waals surface area contributed by atoms with E-state index in [1.165, 1.54) is 30.5 Å². The van der Waals surface area contributed by atoms with Crippen LogP contribution in [-0.2, 0) is 13.1 Å². The molecule has 1 aliphatic rings. The van der Waals surface area contributed by atoms with E-state index in [9.17, 15) is 14.4 Å². The van der Waals surface area contributed by atoms with Gasteiger partial charge in [0.25, 0.3) is 5.56 Å². The van der Waals surface area contributed by atoms with E-state index in [0.717, 1.165) is 0 Å². The van der Waals surface area contributed by atoms with E-state index < -0.39 is 11.4 Å². The van der Waals surface area contributed by atoms with Crippen LogP contribution in [0.2, 0.25) is 10.0 Å². The number of imidazole rings is 1. The lowest BCUT2D eigenvalue weighted by Crippen LogP contribution is -2.35. The summed E-state index contributed by atoms with van der Waals surface area (Å²) in [6.45, 7) is 1.45. The van der Waals surface area contributed by atoms with E-state index in [4.69, 9.17) is 23.2 Å². The summed E-state index contributed by atoms with van der Waals surface area (Å²) in [6.07, 6.45) is 4.45. The highest BCUT2D eigenvalue weighted by molar-refractivity contribution is 6.33. The number of nitrogens with one attached hydrogen (secondary N) is 1. The van der Waals surface area contributed by atoms with Crippen LogP contribution < -0.4 is 10.5 Å². The standard InChI is InChI=1S/C19H13Cl2FN6O/c20-14-2-1-11(22)7-13(14)12(3-4-23)15-8-24-17-10-27(5-6-28(15)17)16-9-25-26-19(29)18(16)21/h1-3,7-9H,5-6,10H2,(H,26,29)/b12-3+. The Labute approximate surface area is 174 Å². The summed E-state index contributed by atoms with van der Waals surface area (Å²) >= 11 is 12.4. The number of aromatic nitrogens is 4. The lowest BCUT2D eigenvalue weighted by atomic mass is 10.0. The quantitative estimate of drug-likeness (QED) is 0.643. The average molecular weight is 431 g/mol. The highest BCUT2D eigenvalue weighted by atomic mass is 35.5. The van der Waals surface area contributed by atoms with Crippen LogP contribution in [-0.4, -0.2) is 26.3 Å². The molecular weight excluding hydrogens is 418 g/mol. The van der Waals surface area contributed by atoms with Crippen LogP contribution in [0.3, 0.4) is 0 Å². The van der Waals surface area contributed by atoms with Gasteiger partial charge in [0, 0.05) is 35.3 Å². The molecule has 0 unspecified atom stereocenters. The Hall–Kier alpha value is -3.15. The maximum absolute atomic E-state index is 13.8. The number of rotatable bonds is 3. The first-order valence-electron chi connectivity index (χ1n) is 8.57. The molecule has 0 saturated carbocycles. The van der Waals surface area contributed by atoms with Crippen molar-refractivity contribution in [2.45, 2.75) is 13.1 Å². The number of nitrogens with zero attached hydrogens (tertiary/aromatic N) is 5. The monoisotopic (exact) mass is 430 g/mol. The molecule has 1 aliphatic heterocycles. The fourth-order valence-electron chi connectivity index (χ4n) is 3.33. The summed E-state index contributed by atoms with van der Waals surface area (Å²) in [6, 6.07) is 6.01. The third-order valence-corrected chi connectivity index (χ3v) is 5.38. The number of halogens is 3. The number of anilines is 1. The molecule has 0 bridgehead atoms. The molecule has 7 nitrogen and oxygen atoms in total. The molecule has 146 valence electrons. The fraction of sp³-hybridized carbons (Fsp3) is 0.158. The Balaban J connectivity index is 1.73. The fourth-order valence-corrected chi connectivity index (χ4v) is 3.76. The number of nitriles is 1. The minimum Gasteiger partial charge on any atom is -0.360 e. The van der Waals surface area contributed by atoms with Gasteiger partial charge in [-0.1, -0.05) is 23.2 Å². The molecular formula is C19H13Cl2FN6O. The largest absolute Gasteiger partial charge is 0.360 e. The summed E-state index contributed by atoms with van der Waals surface area (Å²) in [5.41, 5.74) is 1.62. The molecule has 1 aromatic carbocycles. The zero-order valence-electron chi connectivity index (χ0n) is 14.9. The van der Waals surface area contributed by atoms with Crippen molar-refractivity contribution >= 4 is 34.5 Å². The normalized spacial score (nSPS) is 13.9. The van der Waals surface area contributed by atoms with Crippen LogP contribution >= 0.6 is 23.2 Å². The number of H-pyrrole nitrogens is 1. The molecule has 4 rings (SSSR count). The Morgan fingerprint density at radius 2 is 2.14 bits per heavy atom. The number of allylic oxidation sites excluding steroid dienone is 1. The number of benzene rings is 1. The SMILES string of the molecule is N#C/C=C(\c1cc(F)ccc1Cl)c1cnc2n1CCN(c1cn[nH]c(=O)c1Cl)C2. The van der Waals surface area contributed by atoms with Gasteiger partial charge in [0.2, 0.25) is 0 Å². The van der Waals surface area contributed by atoms with E-state index in [2.05, 4.69) is 15.2 Å². The Morgan fingerprint density at radius 1 is 1.31 bits per heavy atom. The van der Waals surface area contributed by atoms with Crippen molar-refractivity contribution in [3.63, 3.8) is 0 Å². The van der Waals surface area contributed by atoms with Gasteiger partial charge in [0.05, 0.1) is 36.4 Å². The van der Waals surface area contributed by atoms with Crippen molar-refractivity contribution in [2.75, 3.05) is 11.4 Å². The first-order chi connectivity index (χ1) is 14.0. The maximum atomic E-state index is 13.8. The Kier molecular flexibility index (Phi) is 5.09.